The van der Waals surface area contributed by atoms with Crippen LogP contribution in [-0.4, -0.2) is 33.3 Å². The summed E-state index contributed by atoms with van der Waals surface area (Å²) in [7, 11) is 4.72. The maximum atomic E-state index is 12.5. The number of carbonyl (C=O) groups is 1. The molecular formula is C19H29NO4. The lowest BCUT2D eigenvalue weighted by Gasteiger charge is -2.34. The van der Waals surface area contributed by atoms with Crippen LogP contribution in [0.15, 0.2) is 12.1 Å². The molecule has 0 saturated heterocycles. The van der Waals surface area contributed by atoms with Crippen molar-refractivity contribution in [2.75, 3.05) is 21.3 Å². The van der Waals surface area contributed by atoms with Gasteiger partial charge in [-0.2, -0.15) is 0 Å². The van der Waals surface area contributed by atoms with Crippen LogP contribution in [0, 0.1) is 11.8 Å². The summed E-state index contributed by atoms with van der Waals surface area (Å²) in [6.45, 7) is 4.50. The van der Waals surface area contributed by atoms with E-state index in [1.54, 1.807) is 21.3 Å². The Hall–Kier alpha value is -1.91. The van der Waals surface area contributed by atoms with Crippen molar-refractivity contribution in [2.24, 2.45) is 11.8 Å². The van der Waals surface area contributed by atoms with Crippen molar-refractivity contribution in [1.82, 2.24) is 5.32 Å². The molecule has 3 atom stereocenters. The van der Waals surface area contributed by atoms with Gasteiger partial charge in [0.05, 0.1) is 27.8 Å². The van der Waals surface area contributed by atoms with Gasteiger partial charge in [0.1, 0.15) is 0 Å². The van der Waals surface area contributed by atoms with Gasteiger partial charge in [0, 0.05) is 6.04 Å². The fraction of sp³-hybridized carbons (Fsp3) is 0.632. The second-order valence-electron chi connectivity index (χ2n) is 6.65. The van der Waals surface area contributed by atoms with Crippen LogP contribution in [0.3, 0.4) is 0 Å². The number of nitrogens with one attached hydrogen (secondary N) is 1. The summed E-state index contributed by atoms with van der Waals surface area (Å²) in [4.78, 5) is 12.5. The molecule has 5 nitrogen and oxygen atoms in total. The molecule has 134 valence electrons. The number of methoxy groups -OCH3 is 3. The average Bonchev–Trinajstić information content (AvgIpc) is 2.57. The summed E-state index contributed by atoms with van der Waals surface area (Å²) in [6.07, 6.45) is 3.79. The van der Waals surface area contributed by atoms with Crippen LogP contribution in [0.1, 0.15) is 38.7 Å². The Labute approximate surface area is 144 Å². The van der Waals surface area contributed by atoms with Crippen molar-refractivity contribution in [3.63, 3.8) is 0 Å². The monoisotopic (exact) mass is 335 g/mol. The third-order valence-electron chi connectivity index (χ3n) is 5.14. The van der Waals surface area contributed by atoms with Gasteiger partial charge in [-0.1, -0.05) is 26.7 Å². The van der Waals surface area contributed by atoms with E-state index in [2.05, 4.69) is 19.2 Å². The Morgan fingerprint density at radius 2 is 1.71 bits per heavy atom. The van der Waals surface area contributed by atoms with E-state index in [0.717, 1.165) is 12.0 Å². The average molecular weight is 335 g/mol. The van der Waals surface area contributed by atoms with Gasteiger partial charge in [0.25, 0.3) is 0 Å². The molecule has 24 heavy (non-hydrogen) atoms. The van der Waals surface area contributed by atoms with Crippen molar-refractivity contribution in [2.45, 2.75) is 45.6 Å². The molecule has 0 aromatic heterocycles. The zero-order valence-corrected chi connectivity index (χ0v) is 15.3. The number of amides is 1. The van der Waals surface area contributed by atoms with Crippen molar-refractivity contribution in [3.05, 3.63) is 17.7 Å². The molecule has 1 amide bonds. The van der Waals surface area contributed by atoms with Gasteiger partial charge in [0.15, 0.2) is 11.5 Å². The largest absolute Gasteiger partial charge is 0.493 e. The molecule has 1 saturated carbocycles. The van der Waals surface area contributed by atoms with E-state index < -0.39 is 0 Å². The first-order chi connectivity index (χ1) is 11.5. The summed E-state index contributed by atoms with van der Waals surface area (Å²) in [6, 6.07) is 3.92. The molecule has 1 aliphatic carbocycles. The van der Waals surface area contributed by atoms with Crippen LogP contribution in [-0.2, 0) is 11.2 Å². The van der Waals surface area contributed by atoms with E-state index in [0.29, 0.717) is 35.5 Å². The van der Waals surface area contributed by atoms with E-state index in [9.17, 15) is 4.79 Å². The molecule has 1 fully saturated rings. The molecular weight excluding hydrogens is 306 g/mol. The van der Waals surface area contributed by atoms with Gasteiger partial charge in [-0.15, -0.1) is 0 Å². The Kier molecular flexibility index (Phi) is 6.35. The number of carbonyl (C=O) groups excluding carboxylic acids is 1. The van der Waals surface area contributed by atoms with E-state index in [1.165, 1.54) is 12.8 Å². The minimum Gasteiger partial charge on any atom is -0.493 e. The molecule has 0 spiro atoms. The van der Waals surface area contributed by atoms with Crippen molar-refractivity contribution < 1.29 is 19.0 Å². The number of rotatable bonds is 6. The summed E-state index contributed by atoms with van der Waals surface area (Å²) in [5, 5.41) is 3.20. The molecule has 0 radical (unpaired) electrons. The molecule has 1 aliphatic rings. The molecule has 1 aromatic carbocycles. The quantitative estimate of drug-likeness (QED) is 0.867. The minimum absolute atomic E-state index is 0.0372. The van der Waals surface area contributed by atoms with Crippen molar-refractivity contribution in [1.29, 1.82) is 0 Å². The van der Waals surface area contributed by atoms with Gasteiger partial charge in [-0.25, -0.2) is 0 Å². The molecule has 0 heterocycles. The van der Waals surface area contributed by atoms with Gasteiger partial charge in [0.2, 0.25) is 11.7 Å². The second kappa shape index (κ2) is 8.27. The number of hydrogen-bond donors (Lipinski definition) is 1. The maximum absolute atomic E-state index is 12.5. The number of hydrogen-bond acceptors (Lipinski definition) is 4. The first-order valence-corrected chi connectivity index (χ1v) is 8.58. The van der Waals surface area contributed by atoms with Crippen LogP contribution >= 0.6 is 0 Å². The van der Waals surface area contributed by atoms with E-state index in [4.69, 9.17) is 14.2 Å². The molecule has 1 N–H and O–H groups in total. The zero-order valence-electron chi connectivity index (χ0n) is 15.3. The summed E-state index contributed by atoms with van der Waals surface area (Å²) in [5.41, 5.74) is 0.846. The van der Waals surface area contributed by atoms with Gasteiger partial charge in [-0.05, 0) is 36.0 Å². The topological polar surface area (TPSA) is 56.8 Å². The summed E-state index contributed by atoms with van der Waals surface area (Å²) < 4.78 is 16.0. The van der Waals surface area contributed by atoms with E-state index >= 15 is 0 Å². The van der Waals surface area contributed by atoms with Crippen LogP contribution < -0.4 is 19.5 Å². The lowest BCUT2D eigenvalue weighted by molar-refractivity contribution is -0.121. The molecule has 0 bridgehead atoms. The smallest absolute Gasteiger partial charge is 0.224 e. The fourth-order valence-corrected chi connectivity index (χ4v) is 3.47. The Balaban J connectivity index is 2.08. The van der Waals surface area contributed by atoms with Crippen molar-refractivity contribution in [3.8, 4) is 17.2 Å². The first kappa shape index (κ1) is 18.4. The zero-order chi connectivity index (χ0) is 17.7. The van der Waals surface area contributed by atoms with E-state index in [-0.39, 0.29) is 11.9 Å². The SMILES string of the molecule is COc1cc(CC(=O)NC2CCCC(C)C2C)cc(OC)c1OC. The predicted octanol–water partition coefficient (Wildman–Crippen LogP) is 3.20. The fourth-order valence-electron chi connectivity index (χ4n) is 3.47. The Morgan fingerprint density at radius 3 is 2.25 bits per heavy atom. The first-order valence-electron chi connectivity index (χ1n) is 8.58. The molecule has 3 unspecified atom stereocenters. The standard InChI is InChI=1S/C19H29NO4/c1-12-7-6-8-15(13(12)2)20-18(21)11-14-9-16(22-3)19(24-5)17(10-14)23-4/h9-10,12-13,15H,6-8,11H2,1-5H3,(H,20,21). The third kappa shape index (κ3) is 4.13. The van der Waals surface area contributed by atoms with Gasteiger partial charge in [-0.3, -0.25) is 4.79 Å². The van der Waals surface area contributed by atoms with Crippen LogP contribution in [0.25, 0.3) is 0 Å². The normalized spacial score (nSPS) is 23.5. The second-order valence-corrected chi connectivity index (χ2v) is 6.65. The highest BCUT2D eigenvalue weighted by Crippen LogP contribution is 2.38. The van der Waals surface area contributed by atoms with Gasteiger partial charge >= 0.3 is 0 Å². The molecule has 5 heteroatoms. The minimum atomic E-state index is 0.0372. The number of benzene rings is 1. The Bertz CT molecular complexity index is 547. The highest BCUT2D eigenvalue weighted by Gasteiger charge is 2.28. The van der Waals surface area contributed by atoms with Crippen LogP contribution in [0.2, 0.25) is 0 Å². The molecule has 1 aromatic rings. The third-order valence-corrected chi connectivity index (χ3v) is 5.14. The molecule has 0 aliphatic heterocycles. The molecule has 2 rings (SSSR count). The lowest BCUT2D eigenvalue weighted by Crippen LogP contribution is -2.44. The highest BCUT2D eigenvalue weighted by atomic mass is 16.5. The highest BCUT2D eigenvalue weighted by molar-refractivity contribution is 5.79. The summed E-state index contributed by atoms with van der Waals surface area (Å²) >= 11 is 0. The number of ether oxygens (including phenoxy) is 3. The van der Waals surface area contributed by atoms with Gasteiger partial charge < -0.3 is 19.5 Å². The van der Waals surface area contributed by atoms with E-state index in [1.807, 2.05) is 12.1 Å². The maximum Gasteiger partial charge on any atom is 0.224 e. The Morgan fingerprint density at radius 1 is 1.08 bits per heavy atom. The van der Waals surface area contributed by atoms with Crippen LogP contribution in [0.5, 0.6) is 17.2 Å². The lowest BCUT2D eigenvalue weighted by atomic mass is 9.78. The summed E-state index contributed by atoms with van der Waals surface area (Å²) in [5.74, 6) is 2.89. The predicted molar refractivity (Wildman–Crippen MR) is 93.9 cm³/mol. The van der Waals surface area contributed by atoms with Crippen LogP contribution in [0.4, 0.5) is 0 Å². The van der Waals surface area contributed by atoms with Crippen molar-refractivity contribution >= 4 is 5.91 Å².